The summed E-state index contributed by atoms with van der Waals surface area (Å²) in [6.45, 7) is 1.07. The number of hydrogen-bond donors (Lipinski definition) is 2. The second-order valence-electron chi connectivity index (χ2n) is 4.87. The number of nitrogens with one attached hydrogen (secondary N) is 2. The first-order chi connectivity index (χ1) is 11.0. The van der Waals surface area contributed by atoms with E-state index >= 15 is 0 Å². The zero-order valence-electron chi connectivity index (χ0n) is 11.9. The van der Waals surface area contributed by atoms with Crippen molar-refractivity contribution in [3.8, 4) is 6.07 Å². The largest absolute Gasteiger partial charge is 0.421 e. The molecule has 0 aliphatic carbocycles. The van der Waals surface area contributed by atoms with E-state index in [0.717, 1.165) is 31.2 Å². The van der Waals surface area contributed by atoms with Crippen molar-refractivity contribution in [3.05, 3.63) is 40.6 Å². The molecule has 0 unspecified atom stereocenters. The minimum atomic E-state index is -5.38. The van der Waals surface area contributed by atoms with Crippen LogP contribution in [0.15, 0.2) is 40.4 Å². The van der Waals surface area contributed by atoms with Gasteiger partial charge in [0, 0.05) is 10.7 Å². The highest BCUT2D eigenvalue weighted by Gasteiger charge is 2.68. The molecule has 1 aromatic rings. The zero-order valence-corrected chi connectivity index (χ0v) is 13.5. The Morgan fingerprint density at radius 3 is 2.29 bits per heavy atom. The zero-order chi connectivity index (χ0) is 18.3. The van der Waals surface area contributed by atoms with Crippen LogP contribution < -0.4 is 10.0 Å². The van der Waals surface area contributed by atoms with Crippen LogP contribution in [0.3, 0.4) is 0 Å². The highest BCUT2D eigenvalue weighted by Crippen LogP contribution is 2.41. The number of sulfonamides is 1. The third-order valence-corrected chi connectivity index (χ3v) is 5.06. The van der Waals surface area contributed by atoms with Gasteiger partial charge >= 0.3 is 6.18 Å². The predicted molar refractivity (Wildman–Crippen MR) is 77.0 cm³/mol. The minimum absolute atomic E-state index is 0.173. The maximum absolute atomic E-state index is 13.6. The first-order valence-electron chi connectivity index (χ1n) is 6.25. The lowest BCUT2D eigenvalue weighted by Crippen LogP contribution is -2.64. The van der Waals surface area contributed by atoms with Gasteiger partial charge in [-0.2, -0.15) is 23.2 Å². The SMILES string of the molecule is CC1=C(C#N)[C@](NS(=O)(=O)c2ccc(Cl)cc2)(C(F)(F)F)C(=O)N1. The quantitative estimate of drug-likeness (QED) is 0.837. The Balaban J connectivity index is 2.63. The van der Waals surface area contributed by atoms with E-state index in [1.807, 2.05) is 5.32 Å². The van der Waals surface area contributed by atoms with E-state index in [0.29, 0.717) is 0 Å². The number of nitriles is 1. The standard InChI is InChI=1S/C13H9ClF3N3O3S/c1-7-10(6-18)12(11(21)19-7,13(15,16)17)20-24(22,23)9-4-2-8(14)3-5-9/h2-5,20H,1H3,(H,19,21)/t12-/m1/s1. The van der Waals surface area contributed by atoms with E-state index in [-0.39, 0.29) is 10.7 Å². The Morgan fingerprint density at radius 2 is 1.83 bits per heavy atom. The molecule has 0 spiro atoms. The first-order valence-corrected chi connectivity index (χ1v) is 8.11. The third-order valence-electron chi connectivity index (χ3n) is 3.34. The van der Waals surface area contributed by atoms with Crippen molar-refractivity contribution in [2.24, 2.45) is 0 Å². The molecule has 6 nitrogen and oxygen atoms in total. The van der Waals surface area contributed by atoms with Crippen molar-refractivity contribution in [2.45, 2.75) is 23.5 Å². The average molecular weight is 380 g/mol. The predicted octanol–water partition coefficient (Wildman–Crippen LogP) is 1.85. The van der Waals surface area contributed by atoms with Crippen molar-refractivity contribution in [1.82, 2.24) is 10.0 Å². The minimum Gasteiger partial charge on any atom is -0.327 e. The second kappa shape index (κ2) is 5.77. The van der Waals surface area contributed by atoms with Gasteiger partial charge < -0.3 is 5.32 Å². The fourth-order valence-electron chi connectivity index (χ4n) is 2.19. The van der Waals surface area contributed by atoms with Crippen LogP contribution in [0, 0.1) is 11.3 Å². The van der Waals surface area contributed by atoms with E-state index in [1.165, 1.54) is 10.8 Å². The van der Waals surface area contributed by atoms with Crippen LogP contribution >= 0.6 is 11.6 Å². The van der Waals surface area contributed by atoms with E-state index < -0.39 is 38.1 Å². The summed E-state index contributed by atoms with van der Waals surface area (Å²) in [7, 11) is -4.78. The van der Waals surface area contributed by atoms with Gasteiger partial charge in [-0.25, -0.2) is 8.42 Å². The number of amides is 1. The van der Waals surface area contributed by atoms with Gasteiger partial charge in [-0.15, -0.1) is 0 Å². The third kappa shape index (κ3) is 2.75. The van der Waals surface area contributed by atoms with Crippen LogP contribution in [0.4, 0.5) is 13.2 Å². The molecule has 2 rings (SSSR count). The average Bonchev–Trinajstić information content (AvgIpc) is 2.69. The summed E-state index contributed by atoms with van der Waals surface area (Å²) in [5.41, 5.74) is -5.12. The highest BCUT2D eigenvalue weighted by atomic mass is 35.5. The molecule has 0 saturated carbocycles. The van der Waals surface area contributed by atoms with Gasteiger partial charge in [0.1, 0.15) is 0 Å². The Morgan fingerprint density at radius 1 is 1.29 bits per heavy atom. The molecule has 1 amide bonds. The van der Waals surface area contributed by atoms with Crippen molar-refractivity contribution < 1.29 is 26.4 Å². The number of carbonyl (C=O) groups excluding carboxylic acids is 1. The van der Waals surface area contributed by atoms with Crippen molar-refractivity contribution in [2.75, 3.05) is 0 Å². The fraction of sp³-hybridized carbons (Fsp3) is 0.231. The van der Waals surface area contributed by atoms with Gasteiger partial charge in [-0.1, -0.05) is 11.6 Å². The topological polar surface area (TPSA) is 99.1 Å². The van der Waals surface area contributed by atoms with Crippen molar-refractivity contribution in [3.63, 3.8) is 0 Å². The molecule has 128 valence electrons. The number of benzene rings is 1. The molecular formula is C13H9ClF3N3O3S. The normalized spacial score (nSPS) is 21.6. The number of nitrogens with zero attached hydrogens (tertiary/aromatic N) is 1. The molecule has 2 N–H and O–H groups in total. The Kier molecular flexibility index (Phi) is 4.39. The van der Waals surface area contributed by atoms with Gasteiger partial charge in [0.15, 0.2) is 0 Å². The van der Waals surface area contributed by atoms with Crippen LogP contribution in [0.5, 0.6) is 0 Å². The Hall–Kier alpha value is -2.09. The number of carbonyl (C=O) groups is 1. The Labute approximate surface area is 140 Å². The molecular weight excluding hydrogens is 371 g/mol. The van der Waals surface area contributed by atoms with Crippen molar-refractivity contribution >= 4 is 27.5 Å². The summed E-state index contributed by atoms with van der Waals surface area (Å²) >= 11 is 5.61. The molecule has 1 heterocycles. The van der Waals surface area contributed by atoms with E-state index in [9.17, 15) is 26.4 Å². The number of alkyl halides is 3. The maximum atomic E-state index is 13.6. The summed E-state index contributed by atoms with van der Waals surface area (Å²) in [6.07, 6.45) is -5.38. The van der Waals surface area contributed by atoms with Crippen LogP contribution in [-0.4, -0.2) is 26.0 Å². The van der Waals surface area contributed by atoms with Crippen LogP contribution in [0.25, 0.3) is 0 Å². The van der Waals surface area contributed by atoms with Gasteiger partial charge in [-0.05, 0) is 31.2 Å². The van der Waals surface area contributed by atoms with Gasteiger partial charge in [0.25, 0.3) is 5.91 Å². The molecule has 1 aliphatic heterocycles. The van der Waals surface area contributed by atoms with Gasteiger partial charge in [-0.3, -0.25) is 4.79 Å². The summed E-state index contributed by atoms with van der Waals surface area (Å²) < 4.78 is 66.7. The molecule has 24 heavy (non-hydrogen) atoms. The molecule has 1 aromatic carbocycles. The van der Waals surface area contributed by atoms with Crippen LogP contribution in [-0.2, 0) is 14.8 Å². The summed E-state index contributed by atoms with van der Waals surface area (Å²) in [4.78, 5) is 11.4. The summed E-state index contributed by atoms with van der Waals surface area (Å²) in [6, 6.07) is 5.53. The van der Waals surface area contributed by atoms with Crippen molar-refractivity contribution in [1.29, 1.82) is 5.26 Å². The lowest BCUT2D eigenvalue weighted by atomic mass is 9.92. The van der Waals surface area contributed by atoms with Crippen LogP contribution in [0.1, 0.15) is 6.92 Å². The summed E-state index contributed by atoms with van der Waals surface area (Å²) in [5.74, 6) is -1.69. The number of halogens is 4. The van der Waals surface area contributed by atoms with Gasteiger partial charge in [0.2, 0.25) is 15.6 Å². The van der Waals surface area contributed by atoms with Crippen LogP contribution in [0.2, 0.25) is 5.02 Å². The number of rotatable bonds is 3. The van der Waals surface area contributed by atoms with E-state index in [2.05, 4.69) is 0 Å². The van der Waals surface area contributed by atoms with E-state index in [4.69, 9.17) is 16.9 Å². The van der Waals surface area contributed by atoms with E-state index in [1.54, 1.807) is 0 Å². The maximum Gasteiger partial charge on any atom is 0.421 e. The van der Waals surface area contributed by atoms with Gasteiger partial charge in [0.05, 0.1) is 16.5 Å². The first kappa shape index (κ1) is 18.3. The second-order valence-corrected chi connectivity index (χ2v) is 6.99. The lowest BCUT2D eigenvalue weighted by molar-refractivity contribution is -0.183. The smallest absolute Gasteiger partial charge is 0.327 e. The number of hydrogen-bond acceptors (Lipinski definition) is 4. The molecule has 0 aromatic heterocycles. The molecule has 0 fully saturated rings. The summed E-state index contributed by atoms with van der Waals surface area (Å²) in [5, 5.41) is 11.0. The number of allylic oxidation sites excluding steroid dienone is 1. The fourth-order valence-corrected chi connectivity index (χ4v) is 3.64. The molecule has 0 radical (unpaired) electrons. The molecule has 11 heteroatoms. The lowest BCUT2D eigenvalue weighted by Gasteiger charge is -2.30. The highest BCUT2D eigenvalue weighted by molar-refractivity contribution is 7.89. The molecule has 1 aliphatic rings. The Bertz CT molecular complexity index is 872. The monoisotopic (exact) mass is 379 g/mol. The molecule has 0 saturated heterocycles. The molecule has 1 atom stereocenters. The molecule has 0 bridgehead atoms.